The topological polar surface area (TPSA) is 156 Å². The van der Waals surface area contributed by atoms with Gasteiger partial charge < -0.3 is 25.7 Å². The highest BCUT2D eigenvalue weighted by Gasteiger charge is 2.41. The van der Waals surface area contributed by atoms with Crippen LogP contribution in [0.25, 0.3) is 22.1 Å². The number of nitro benzene ring substituents is 1. The molecule has 0 saturated carbocycles. The number of nitro groups is 1. The van der Waals surface area contributed by atoms with Crippen LogP contribution < -0.4 is 21.3 Å². The minimum absolute atomic E-state index is 0.0920. The number of fused-ring (bicyclic) bond motifs is 1. The Labute approximate surface area is 252 Å². The monoisotopic (exact) mass is 603 g/mol. The van der Waals surface area contributed by atoms with Gasteiger partial charge in [-0.05, 0) is 66.5 Å². The molecule has 5 rings (SSSR count). The van der Waals surface area contributed by atoms with E-state index >= 15 is 0 Å². The standard InChI is InChI=1S/C31H30ClN5O6/c32-22-8-9-24(25(19-22)37(41)42)26-10-11-27(43-26)29(39)36-31(12-14-33-15-13-31)30(40)35-17-16-34-28(38)18-21-6-3-5-20-4-1-2-7-23(20)21/h1-11,19,33H,12-18H2,(H,34,38)(H,35,40)(H,36,39). The number of amides is 3. The molecule has 0 atom stereocenters. The van der Waals surface area contributed by atoms with Crippen LogP contribution in [0.2, 0.25) is 5.02 Å². The molecule has 2 heterocycles. The first-order valence-electron chi connectivity index (χ1n) is 13.8. The normalized spacial score (nSPS) is 14.2. The van der Waals surface area contributed by atoms with Gasteiger partial charge in [0.1, 0.15) is 11.3 Å². The van der Waals surface area contributed by atoms with E-state index in [1.54, 1.807) is 0 Å². The lowest BCUT2D eigenvalue weighted by molar-refractivity contribution is -0.384. The van der Waals surface area contributed by atoms with Crippen molar-refractivity contribution in [1.29, 1.82) is 0 Å². The van der Waals surface area contributed by atoms with Crippen LogP contribution in [-0.4, -0.2) is 54.4 Å². The molecule has 0 bridgehead atoms. The van der Waals surface area contributed by atoms with E-state index in [1.165, 1.54) is 30.3 Å². The molecule has 0 unspecified atom stereocenters. The fourth-order valence-electron chi connectivity index (χ4n) is 5.24. The van der Waals surface area contributed by atoms with Crippen molar-refractivity contribution in [3.63, 3.8) is 0 Å². The molecular formula is C31H30ClN5O6. The van der Waals surface area contributed by atoms with Crippen LogP contribution in [0.4, 0.5) is 5.69 Å². The van der Waals surface area contributed by atoms with E-state index in [0.29, 0.717) is 25.9 Å². The van der Waals surface area contributed by atoms with E-state index < -0.39 is 16.4 Å². The molecular weight excluding hydrogens is 574 g/mol. The first-order valence-corrected chi connectivity index (χ1v) is 14.2. The third-order valence-corrected chi connectivity index (χ3v) is 7.70. The first-order chi connectivity index (χ1) is 20.8. The Morgan fingerprint density at radius 1 is 0.953 bits per heavy atom. The number of carbonyl (C=O) groups excluding carboxylic acids is 3. The van der Waals surface area contributed by atoms with Crippen molar-refractivity contribution in [2.75, 3.05) is 26.2 Å². The summed E-state index contributed by atoms with van der Waals surface area (Å²) in [6.07, 6.45) is 0.897. The number of piperidine rings is 1. The van der Waals surface area contributed by atoms with Gasteiger partial charge in [0, 0.05) is 24.2 Å². The Morgan fingerprint density at radius 2 is 1.70 bits per heavy atom. The highest BCUT2D eigenvalue weighted by atomic mass is 35.5. The number of nitrogens with one attached hydrogen (secondary N) is 4. The van der Waals surface area contributed by atoms with Gasteiger partial charge in [0.15, 0.2) is 5.76 Å². The minimum atomic E-state index is -1.20. The van der Waals surface area contributed by atoms with Gasteiger partial charge in [0.05, 0.1) is 16.9 Å². The average Bonchev–Trinajstić information content (AvgIpc) is 3.50. The molecule has 43 heavy (non-hydrogen) atoms. The summed E-state index contributed by atoms with van der Waals surface area (Å²) in [4.78, 5) is 50.1. The highest BCUT2D eigenvalue weighted by Crippen LogP contribution is 2.33. The van der Waals surface area contributed by atoms with Crippen LogP contribution in [-0.2, 0) is 16.0 Å². The van der Waals surface area contributed by atoms with Gasteiger partial charge >= 0.3 is 0 Å². The van der Waals surface area contributed by atoms with Crippen molar-refractivity contribution in [3.05, 3.63) is 99.3 Å². The predicted molar refractivity (Wildman–Crippen MR) is 162 cm³/mol. The summed E-state index contributed by atoms with van der Waals surface area (Å²) in [5.74, 6) is -1.12. The number of furan rings is 1. The average molecular weight is 604 g/mol. The molecule has 1 aliphatic rings. The third-order valence-electron chi connectivity index (χ3n) is 7.46. The Morgan fingerprint density at radius 3 is 2.49 bits per heavy atom. The molecule has 222 valence electrons. The first kappa shape index (κ1) is 29.7. The molecule has 12 heteroatoms. The number of benzene rings is 3. The molecule has 3 aromatic carbocycles. The van der Waals surface area contributed by atoms with Crippen LogP contribution in [0.5, 0.6) is 0 Å². The van der Waals surface area contributed by atoms with Crippen LogP contribution in [0.3, 0.4) is 0 Å². The highest BCUT2D eigenvalue weighted by molar-refractivity contribution is 6.31. The quantitative estimate of drug-likeness (QED) is 0.121. The lowest BCUT2D eigenvalue weighted by Gasteiger charge is -2.36. The van der Waals surface area contributed by atoms with Gasteiger partial charge in [-0.1, -0.05) is 54.1 Å². The second kappa shape index (κ2) is 13.1. The lowest BCUT2D eigenvalue weighted by Crippen LogP contribution is -2.63. The van der Waals surface area contributed by atoms with E-state index in [4.69, 9.17) is 16.0 Å². The van der Waals surface area contributed by atoms with Gasteiger partial charge in [-0.3, -0.25) is 24.5 Å². The maximum absolute atomic E-state index is 13.4. The zero-order valence-electron chi connectivity index (χ0n) is 23.2. The van der Waals surface area contributed by atoms with Gasteiger partial charge in [0.25, 0.3) is 11.6 Å². The summed E-state index contributed by atoms with van der Waals surface area (Å²) in [6, 6.07) is 20.7. The van der Waals surface area contributed by atoms with Crippen LogP contribution in [0.15, 0.2) is 77.2 Å². The lowest BCUT2D eigenvalue weighted by atomic mass is 9.87. The van der Waals surface area contributed by atoms with E-state index in [-0.39, 0.29) is 59.1 Å². The van der Waals surface area contributed by atoms with E-state index in [2.05, 4.69) is 21.3 Å². The molecule has 11 nitrogen and oxygen atoms in total. The summed E-state index contributed by atoms with van der Waals surface area (Å²) >= 11 is 5.91. The van der Waals surface area contributed by atoms with Crippen molar-refractivity contribution in [1.82, 2.24) is 21.3 Å². The number of rotatable bonds is 10. The Balaban J connectivity index is 1.19. The Hall–Kier alpha value is -4.74. The van der Waals surface area contributed by atoms with E-state index in [1.807, 2.05) is 42.5 Å². The predicted octanol–water partition coefficient (Wildman–Crippen LogP) is 3.99. The van der Waals surface area contributed by atoms with Crippen molar-refractivity contribution in [2.45, 2.75) is 24.8 Å². The Bertz CT molecular complexity index is 1670. The van der Waals surface area contributed by atoms with Gasteiger partial charge in [-0.15, -0.1) is 0 Å². The fraction of sp³-hybridized carbons (Fsp3) is 0.258. The molecule has 1 fully saturated rings. The second-order valence-corrected chi connectivity index (χ2v) is 10.7. The summed E-state index contributed by atoms with van der Waals surface area (Å²) in [5, 5.41) is 25.5. The number of hydrogen-bond acceptors (Lipinski definition) is 7. The molecule has 0 radical (unpaired) electrons. The van der Waals surface area contributed by atoms with Crippen LogP contribution in [0.1, 0.15) is 29.0 Å². The number of hydrogen-bond donors (Lipinski definition) is 4. The van der Waals surface area contributed by atoms with E-state index in [0.717, 1.165) is 16.3 Å². The molecule has 4 aromatic rings. The number of carbonyl (C=O) groups is 3. The summed E-state index contributed by atoms with van der Waals surface area (Å²) < 4.78 is 5.67. The molecule has 0 aliphatic carbocycles. The second-order valence-electron chi connectivity index (χ2n) is 10.3. The molecule has 1 aromatic heterocycles. The maximum atomic E-state index is 13.4. The van der Waals surface area contributed by atoms with E-state index in [9.17, 15) is 24.5 Å². The minimum Gasteiger partial charge on any atom is -0.451 e. The van der Waals surface area contributed by atoms with Crippen molar-refractivity contribution in [2.24, 2.45) is 0 Å². The maximum Gasteiger partial charge on any atom is 0.287 e. The molecule has 0 spiro atoms. The third kappa shape index (κ3) is 6.85. The summed E-state index contributed by atoms with van der Waals surface area (Å²) in [7, 11) is 0. The zero-order valence-corrected chi connectivity index (χ0v) is 23.9. The molecule has 3 amide bonds. The molecule has 1 saturated heterocycles. The van der Waals surface area contributed by atoms with Gasteiger partial charge in [0.2, 0.25) is 11.8 Å². The van der Waals surface area contributed by atoms with Crippen molar-refractivity contribution >= 4 is 45.8 Å². The summed E-state index contributed by atoms with van der Waals surface area (Å²) in [5.41, 5.74) is -0.366. The molecule has 4 N–H and O–H groups in total. The number of nitrogens with zero attached hydrogens (tertiary/aromatic N) is 1. The van der Waals surface area contributed by atoms with Crippen LogP contribution in [0, 0.1) is 10.1 Å². The zero-order chi connectivity index (χ0) is 30.4. The van der Waals surface area contributed by atoms with Crippen molar-refractivity contribution < 1.29 is 23.7 Å². The number of halogens is 1. The SMILES string of the molecule is O=C(Cc1cccc2ccccc12)NCCNC(=O)C1(NC(=O)c2ccc(-c3ccc(Cl)cc3[N+](=O)[O-])o2)CCNCC1. The van der Waals surface area contributed by atoms with Gasteiger partial charge in [-0.25, -0.2) is 0 Å². The largest absolute Gasteiger partial charge is 0.451 e. The smallest absolute Gasteiger partial charge is 0.287 e. The fourth-order valence-corrected chi connectivity index (χ4v) is 5.41. The van der Waals surface area contributed by atoms with Crippen molar-refractivity contribution in [3.8, 4) is 11.3 Å². The van der Waals surface area contributed by atoms with Gasteiger partial charge in [-0.2, -0.15) is 0 Å². The van der Waals surface area contributed by atoms with Crippen LogP contribution >= 0.6 is 11.6 Å². The summed E-state index contributed by atoms with van der Waals surface area (Å²) in [6.45, 7) is 1.42. The Kier molecular flexibility index (Phi) is 9.03. The molecule has 1 aliphatic heterocycles.